The first-order valence-corrected chi connectivity index (χ1v) is 9.43. The van der Waals surface area contributed by atoms with E-state index in [-0.39, 0.29) is 40.5 Å². The van der Waals surface area contributed by atoms with Crippen LogP contribution in [0.25, 0.3) is 0 Å². The van der Waals surface area contributed by atoms with E-state index in [1.807, 2.05) is 19.1 Å². The molecule has 0 bridgehead atoms. The maximum absolute atomic E-state index is 12.6. The molecule has 0 N–H and O–H groups in total. The Kier molecular flexibility index (Phi) is 8.71. The van der Waals surface area contributed by atoms with Gasteiger partial charge in [-0.3, -0.25) is 0 Å². The van der Waals surface area contributed by atoms with Gasteiger partial charge >= 0.3 is 29.6 Å². The van der Waals surface area contributed by atoms with Gasteiger partial charge in [0.05, 0.1) is 4.90 Å². The molecule has 5 nitrogen and oxygen atoms in total. The van der Waals surface area contributed by atoms with Crippen LogP contribution in [0.3, 0.4) is 0 Å². The van der Waals surface area contributed by atoms with Crippen LogP contribution in [0.5, 0.6) is 0 Å². The number of rotatable bonds is 6. The SMILES string of the molecule is CCCCC1=CN([C-](C#N)C#N)C=C/C1=C\S(=O)(=O)c1ccccc1.[Na+]. The van der Waals surface area contributed by atoms with Gasteiger partial charge in [0.15, 0.2) is 9.84 Å². The topological polar surface area (TPSA) is 85.0 Å². The van der Waals surface area contributed by atoms with Gasteiger partial charge in [-0.05, 0) is 54.6 Å². The summed E-state index contributed by atoms with van der Waals surface area (Å²) < 4.78 is 25.2. The predicted molar refractivity (Wildman–Crippen MR) is 94.8 cm³/mol. The van der Waals surface area contributed by atoms with Crippen molar-refractivity contribution in [2.24, 2.45) is 0 Å². The minimum atomic E-state index is -3.58. The molecular weight excluding hydrogens is 357 g/mol. The second kappa shape index (κ2) is 10.3. The third-order valence-electron chi connectivity index (χ3n) is 3.70. The van der Waals surface area contributed by atoms with Gasteiger partial charge in [0, 0.05) is 5.41 Å². The number of benzene rings is 1. The third-order valence-corrected chi connectivity index (χ3v) is 5.20. The molecule has 1 aromatic carbocycles. The maximum atomic E-state index is 12.6. The van der Waals surface area contributed by atoms with E-state index in [9.17, 15) is 8.42 Å². The van der Waals surface area contributed by atoms with Gasteiger partial charge in [0.1, 0.15) is 0 Å². The number of nitriles is 2. The van der Waals surface area contributed by atoms with E-state index < -0.39 is 9.84 Å². The zero-order chi connectivity index (χ0) is 18.3. The molecule has 0 spiro atoms. The molecule has 1 aliphatic heterocycles. The van der Waals surface area contributed by atoms with E-state index in [2.05, 4.69) is 0 Å². The molecule has 0 aromatic heterocycles. The number of hydrogen-bond acceptors (Lipinski definition) is 5. The molecule has 1 aliphatic rings. The Morgan fingerprint density at radius 3 is 2.42 bits per heavy atom. The van der Waals surface area contributed by atoms with Gasteiger partial charge in [-0.2, -0.15) is 0 Å². The van der Waals surface area contributed by atoms with Crippen LogP contribution >= 0.6 is 0 Å². The third kappa shape index (κ3) is 5.52. The molecule has 7 heteroatoms. The van der Waals surface area contributed by atoms with Gasteiger partial charge in [-0.25, -0.2) is 18.9 Å². The van der Waals surface area contributed by atoms with E-state index in [1.54, 1.807) is 42.6 Å². The monoisotopic (exact) mass is 375 g/mol. The molecule has 0 saturated carbocycles. The summed E-state index contributed by atoms with van der Waals surface area (Å²) in [5.74, 6) is 0. The van der Waals surface area contributed by atoms with E-state index >= 15 is 0 Å². The first-order valence-electron chi connectivity index (χ1n) is 7.88. The Hall–Kier alpha value is -1.96. The molecule has 0 saturated heterocycles. The minimum absolute atomic E-state index is 0. The predicted octanol–water partition coefficient (Wildman–Crippen LogP) is 0.831. The molecule has 1 aromatic rings. The standard InChI is InChI=1S/C19H18N3O2S.Na/c1-2-3-7-16-14-22(18(12-20)13-21)11-10-17(16)15-25(23,24)19-8-5-4-6-9-19;/h4-6,8-11,14-15H,2-3,7H2,1H3;/q-1;+1/b17-15+;. The molecular formula is C19H18N3NaO2S. The summed E-state index contributed by atoms with van der Waals surface area (Å²) >= 11 is 0. The smallest absolute Gasteiger partial charge is 0.461 e. The molecule has 128 valence electrons. The van der Waals surface area contributed by atoms with E-state index in [4.69, 9.17) is 10.5 Å². The fraction of sp³-hybridized carbons (Fsp3) is 0.211. The largest absolute Gasteiger partial charge is 1.00 e. The normalized spacial score (nSPS) is 14.8. The average molecular weight is 375 g/mol. The van der Waals surface area contributed by atoms with Crippen LogP contribution in [-0.2, 0) is 9.84 Å². The molecule has 26 heavy (non-hydrogen) atoms. The van der Waals surface area contributed by atoms with Gasteiger partial charge < -0.3 is 4.90 Å². The van der Waals surface area contributed by atoms with Crippen LogP contribution in [0, 0.1) is 28.7 Å². The number of sulfone groups is 1. The molecule has 0 atom stereocenters. The fourth-order valence-electron chi connectivity index (χ4n) is 2.37. The molecule has 2 rings (SSSR count). The van der Waals surface area contributed by atoms with Crippen LogP contribution in [0.15, 0.2) is 70.3 Å². The van der Waals surface area contributed by atoms with Crippen molar-refractivity contribution in [3.05, 3.63) is 71.4 Å². The Morgan fingerprint density at radius 2 is 1.85 bits per heavy atom. The van der Waals surface area contributed by atoms with Crippen molar-refractivity contribution in [1.29, 1.82) is 10.5 Å². The van der Waals surface area contributed by atoms with Crippen molar-refractivity contribution in [2.75, 3.05) is 0 Å². The summed E-state index contributed by atoms with van der Waals surface area (Å²) in [6.07, 6.45) is 7.31. The Labute approximate surface area is 177 Å². The second-order valence-corrected chi connectivity index (χ2v) is 7.28. The molecule has 0 unspecified atom stereocenters. The molecule has 0 amide bonds. The van der Waals surface area contributed by atoms with Crippen LogP contribution in [-0.4, -0.2) is 13.3 Å². The molecule has 0 radical (unpaired) electrons. The number of hydrogen-bond donors (Lipinski definition) is 0. The van der Waals surface area contributed by atoms with Crippen molar-refractivity contribution in [3.63, 3.8) is 0 Å². The summed E-state index contributed by atoms with van der Waals surface area (Å²) in [6, 6.07) is 11.8. The van der Waals surface area contributed by atoms with Gasteiger partial charge in [0.2, 0.25) is 0 Å². The van der Waals surface area contributed by atoms with Crippen molar-refractivity contribution in [1.82, 2.24) is 4.90 Å². The van der Waals surface area contributed by atoms with Gasteiger partial charge in [-0.15, -0.1) is 0 Å². The van der Waals surface area contributed by atoms with Crippen LogP contribution in [0.1, 0.15) is 26.2 Å². The first-order chi connectivity index (χ1) is 12.0. The van der Waals surface area contributed by atoms with E-state index in [1.165, 1.54) is 16.5 Å². The number of nitrogens with zero attached hydrogens (tertiary/aromatic N) is 3. The average Bonchev–Trinajstić information content (AvgIpc) is 2.63. The Morgan fingerprint density at radius 1 is 1.19 bits per heavy atom. The molecule has 0 fully saturated rings. The number of unbranched alkanes of at least 4 members (excludes halogenated alkanes) is 1. The van der Waals surface area contributed by atoms with Crippen molar-refractivity contribution >= 4 is 9.84 Å². The summed E-state index contributed by atoms with van der Waals surface area (Å²) in [6.45, 7) is 2.04. The van der Waals surface area contributed by atoms with Crippen LogP contribution in [0.4, 0.5) is 0 Å². The van der Waals surface area contributed by atoms with Gasteiger partial charge in [-0.1, -0.05) is 49.7 Å². The van der Waals surface area contributed by atoms with Crippen LogP contribution < -0.4 is 29.6 Å². The van der Waals surface area contributed by atoms with Gasteiger partial charge in [0.25, 0.3) is 0 Å². The summed E-state index contributed by atoms with van der Waals surface area (Å²) in [4.78, 5) is 1.66. The maximum Gasteiger partial charge on any atom is 1.00 e. The molecule has 0 aliphatic carbocycles. The van der Waals surface area contributed by atoms with Crippen LogP contribution in [0.2, 0.25) is 0 Å². The zero-order valence-corrected chi connectivity index (χ0v) is 17.7. The van der Waals surface area contributed by atoms with E-state index in [0.29, 0.717) is 12.0 Å². The summed E-state index contributed by atoms with van der Waals surface area (Å²) in [5, 5.41) is 19.3. The van der Waals surface area contributed by atoms with Crippen molar-refractivity contribution in [2.45, 2.75) is 31.1 Å². The van der Waals surface area contributed by atoms with E-state index in [0.717, 1.165) is 18.4 Å². The summed E-state index contributed by atoms with van der Waals surface area (Å²) in [7, 11) is -3.58. The minimum Gasteiger partial charge on any atom is -0.461 e. The van der Waals surface area contributed by atoms with Crippen molar-refractivity contribution in [3.8, 4) is 12.1 Å². The fourth-order valence-corrected chi connectivity index (χ4v) is 3.61. The first kappa shape index (κ1) is 22.1. The summed E-state index contributed by atoms with van der Waals surface area (Å²) in [5.41, 5.74) is 1.36. The Bertz CT molecular complexity index is 877. The van der Waals surface area contributed by atoms with Crippen molar-refractivity contribution < 1.29 is 38.0 Å². The number of allylic oxidation sites excluding steroid dienone is 3. The Balaban J connectivity index is 0.00000338. The quantitative estimate of drug-likeness (QED) is 0.543. The zero-order valence-electron chi connectivity index (χ0n) is 14.9. The second-order valence-electron chi connectivity index (χ2n) is 5.48. The molecule has 1 heterocycles.